The van der Waals surface area contributed by atoms with Gasteiger partial charge in [-0.3, -0.25) is 0 Å². The van der Waals surface area contributed by atoms with E-state index in [1.54, 1.807) is 7.11 Å². The van der Waals surface area contributed by atoms with Crippen molar-refractivity contribution in [2.24, 2.45) is 0 Å². The first-order chi connectivity index (χ1) is 7.78. The van der Waals surface area contributed by atoms with Crippen molar-refractivity contribution in [3.8, 4) is 11.5 Å². The second kappa shape index (κ2) is 4.74. The van der Waals surface area contributed by atoms with E-state index in [1.807, 2.05) is 24.3 Å². The Labute approximate surface area is 96.0 Å². The third kappa shape index (κ3) is 2.30. The number of rotatable bonds is 4. The Bertz CT molecular complexity index is 326. The Morgan fingerprint density at radius 3 is 2.19 bits per heavy atom. The van der Waals surface area contributed by atoms with Crippen LogP contribution in [0.5, 0.6) is 11.5 Å². The molecule has 1 N–H and O–H groups in total. The van der Waals surface area contributed by atoms with E-state index in [9.17, 15) is 5.11 Å². The summed E-state index contributed by atoms with van der Waals surface area (Å²) < 4.78 is 11.0. The summed E-state index contributed by atoms with van der Waals surface area (Å²) in [7, 11) is 1.64. The van der Waals surface area contributed by atoms with E-state index in [4.69, 9.17) is 9.47 Å². The third-order valence-electron chi connectivity index (χ3n) is 3.20. The Hall–Kier alpha value is -1.22. The van der Waals surface area contributed by atoms with Crippen molar-refractivity contribution >= 4 is 0 Å². The zero-order chi connectivity index (χ0) is 11.4. The fourth-order valence-corrected chi connectivity index (χ4v) is 2.21. The van der Waals surface area contributed by atoms with E-state index in [2.05, 4.69) is 0 Å². The standard InChI is InChI=1S/C13H18O3/c1-15-11-4-6-12(7-5-11)16-13(10-14)8-2-3-9-13/h4-7,14H,2-3,8-10H2,1H3. The van der Waals surface area contributed by atoms with E-state index in [1.165, 1.54) is 0 Å². The van der Waals surface area contributed by atoms with Crippen LogP contribution in [0.4, 0.5) is 0 Å². The number of hydrogen-bond acceptors (Lipinski definition) is 3. The van der Waals surface area contributed by atoms with Crippen LogP contribution in [0.3, 0.4) is 0 Å². The van der Waals surface area contributed by atoms with Crippen molar-refractivity contribution in [1.29, 1.82) is 0 Å². The van der Waals surface area contributed by atoms with Gasteiger partial charge in [-0.25, -0.2) is 0 Å². The van der Waals surface area contributed by atoms with Crippen LogP contribution in [-0.4, -0.2) is 24.4 Å². The maximum absolute atomic E-state index is 9.43. The van der Waals surface area contributed by atoms with Crippen LogP contribution >= 0.6 is 0 Å². The summed E-state index contributed by atoms with van der Waals surface area (Å²) in [5, 5.41) is 9.43. The molecule has 0 unspecified atom stereocenters. The van der Waals surface area contributed by atoms with Gasteiger partial charge in [0, 0.05) is 0 Å². The highest BCUT2D eigenvalue weighted by Crippen LogP contribution is 2.34. The Morgan fingerprint density at radius 2 is 1.69 bits per heavy atom. The SMILES string of the molecule is COc1ccc(OC2(CO)CCCC2)cc1. The lowest BCUT2D eigenvalue weighted by molar-refractivity contribution is 0.0151. The summed E-state index contributed by atoms with van der Waals surface area (Å²) in [6.07, 6.45) is 4.15. The predicted molar refractivity (Wildman–Crippen MR) is 61.9 cm³/mol. The lowest BCUT2D eigenvalue weighted by Crippen LogP contribution is -2.36. The summed E-state index contributed by atoms with van der Waals surface area (Å²) in [5.74, 6) is 1.62. The first kappa shape index (κ1) is 11.3. The molecule has 0 radical (unpaired) electrons. The van der Waals surface area contributed by atoms with Crippen LogP contribution in [0.15, 0.2) is 24.3 Å². The molecule has 0 atom stereocenters. The van der Waals surface area contributed by atoms with Crippen LogP contribution < -0.4 is 9.47 Å². The van der Waals surface area contributed by atoms with Gasteiger partial charge in [0.2, 0.25) is 0 Å². The van der Waals surface area contributed by atoms with Crippen molar-refractivity contribution in [1.82, 2.24) is 0 Å². The maximum atomic E-state index is 9.43. The highest BCUT2D eigenvalue weighted by molar-refractivity contribution is 5.31. The van der Waals surface area contributed by atoms with Crippen molar-refractivity contribution in [3.63, 3.8) is 0 Å². The van der Waals surface area contributed by atoms with Gasteiger partial charge in [0.1, 0.15) is 17.1 Å². The van der Waals surface area contributed by atoms with Gasteiger partial charge >= 0.3 is 0 Å². The van der Waals surface area contributed by atoms with Crippen LogP contribution in [-0.2, 0) is 0 Å². The van der Waals surface area contributed by atoms with Gasteiger partial charge < -0.3 is 14.6 Å². The molecule has 88 valence electrons. The molecule has 0 aliphatic heterocycles. The van der Waals surface area contributed by atoms with Gasteiger partial charge in [-0.15, -0.1) is 0 Å². The largest absolute Gasteiger partial charge is 0.497 e. The monoisotopic (exact) mass is 222 g/mol. The van der Waals surface area contributed by atoms with Crippen molar-refractivity contribution in [2.75, 3.05) is 13.7 Å². The first-order valence-electron chi connectivity index (χ1n) is 5.72. The van der Waals surface area contributed by atoms with Crippen molar-refractivity contribution in [3.05, 3.63) is 24.3 Å². The lowest BCUT2D eigenvalue weighted by atomic mass is 10.0. The summed E-state index contributed by atoms with van der Waals surface area (Å²) in [6, 6.07) is 7.51. The average Bonchev–Trinajstić information content (AvgIpc) is 2.79. The average molecular weight is 222 g/mol. The highest BCUT2D eigenvalue weighted by Gasteiger charge is 2.35. The van der Waals surface area contributed by atoms with Gasteiger partial charge in [0.25, 0.3) is 0 Å². The van der Waals surface area contributed by atoms with Gasteiger partial charge in [-0.1, -0.05) is 0 Å². The molecule has 0 amide bonds. The lowest BCUT2D eigenvalue weighted by Gasteiger charge is -2.28. The molecule has 1 saturated carbocycles. The quantitative estimate of drug-likeness (QED) is 0.850. The van der Waals surface area contributed by atoms with Gasteiger partial charge in [0.05, 0.1) is 13.7 Å². The minimum Gasteiger partial charge on any atom is -0.497 e. The fourth-order valence-electron chi connectivity index (χ4n) is 2.21. The molecule has 0 bridgehead atoms. The van der Waals surface area contributed by atoms with Crippen LogP contribution in [0, 0.1) is 0 Å². The second-order valence-corrected chi connectivity index (χ2v) is 4.33. The van der Waals surface area contributed by atoms with Gasteiger partial charge in [-0.2, -0.15) is 0 Å². The van der Waals surface area contributed by atoms with Crippen LogP contribution in [0.25, 0.3) is 0 Å². The topological polar surface area (TPSA) is 38.7 Å². The molecule has 0 aromatic heterocycles. The number of ether oxygens (including phenoxy) is 2. The molecule has 3 heteroatoms. The van der Waals surface area contributed by atoms with Gasteiger partial charge in [0.15, 0.2) is 0 Å². The van der Waals surface area contributed by atoms with E-state index >= 15 is 0 Å². The number of aliphatic hydroxyl groups excluding tert-OH is 1. The Morgan fingerprint density at radius 1 is 1.12 bits per heavy atom. The normalized spacial score (nSPS) is 18.4. The Balaban J connectivity index is 2.07. The molecule has 0 saturated heterocycles. The first-order valence-corrected chi connectivity index (χ1v) is 5.72. The number of benzene rings is 1. The number of methoxy groups -OCH3 is 1. The highest BCUT2D eigenvalue weighted by atomic mass is 16.5. The summed E-state index contributed by atoms with van der Waals surface area (Å²) in [5.41, 5.74) is -0.353. The van der Waals surface area contributed by atoms with Crippen molar-refractivity contribution < 1.29 is 14.6 Å². The van der Waals surface area contributed by atoms with Crippen LogP contribution in [0.2, 0.25) is 0 Å². The van der Waals surface area contributed by atoms with E-state index in [-0.39, 0.29) is 12.2 Å². The summed E-state index contributed by atoms with van der Waals surface area (Å²) in [4.78, 5) is 0. The van der Waals surface area contributed by atoms with Crippen LogP contribution in [0.1, 0.15) is 25.7 Å². The molecule has 0 heterocycles. The summed E-state index contributed by atoms with van der Waals surface area (Å²) in [6.45, 7) is 0.0963. The number of hydrogen-bond donors (Lipinski definition) is 1. The van der Waals surface area contributed by atoms with Crippen molar-refractivity contribution in [2.45, 2.75) is 31.3 Å². The zero-order valence-corrected chi connectivity index (χ0v) is 9.61. The summed E-state index contributed by atoms with van der Waals surface area (Å²) >= 11 is 0. The molecule has 1 fully saturated rings. The molecule has 16 heavy (non-hydrogen) atoms. The smallest absolute Gasteiger partial charge is 0.132 e. The molecule has 3 nitrogen and oxygen atoms in total. The molecular weight excluding hydrogens is 204 g/mol. The maximum Gasteiger partial charge on any atom is 0.132 e. The molecule has 1 aliphatic rings. The molecule has 0 spiro atoms. The minimum atomic E-state index is -0.353. The molecule has 2 rings (SSSR count). The van der Waals surface area contributed by atoms with E-state index in [0.29, 0.717) is 0 Å². The zero-order valence-electron chi connectivity index (χ0n) is 9.61. The Kier molecular flexibility index (Phi) is 3.34. The minimum absolute atomic E-state index is 0.0963. The predicted octanol–water partition coefficient (Wildman–Crippen LogP) is 2.38. The van der Waals surface area contributed by atoms with E-state index < -0.39 is 0 Å². The second-order valence-electron chi connectivity index (χ2n) is 4.33. The molecular formula is C13H18O3. The number of aliphatic hydroxyl groups is 1. The fraction of sp³-hybridized carbons (Fsp3) is 0.538. The van der Waals surface area contributed by atoms with Gasteiger partial charge in [-0.05, 0) is 49.9 Å². The molecule has 1 aromatic carbocycles. The molecule has 1 aliphatic carbocycles. The third-order valence-corrected chi connectivity index (χ3v) is 3.20. The molecule has 1 aromatic rings. The van der Waals surface area contributed by atoms with E-state index in [0.717, 1.165) is 37.2 Å².